The van der Waals surface area contributed by atoms with Crippen molar-refractivity contribution in [3.8, 4) is 11.5 Å². The maximum atomic E-state index is 13.1. The number of benzene rings is 3. The van der Waals surface area contributed by atoms with Crippen LogP contribution in [0.15, 0.2) is 66.9 Å². The van der Waals surface area contributed by atoms with E-state index in [0.29, 0.717) is 29.6 Å². The molecule has 5 rings (SSSR count). The van der Waals surface area contributed by atoms with E-state index >= 15 is 0 Å². The van der Waals surface area contributed by atoms with Crippen molar-refractivity contribution < 1.29 is 19.1 Å². The van der Waals surface area contributed by atoms with Crippen molar-refractivity contribution in [3.63, 3.8) is 0 Å². The first-order valence-electron chi connectivity index (χ1n) is 13.4. The molecule has 1 aliphatic heterocycles. The molecule has 1 saturated heterocycles. The number of carbonyl (C=O) groups is 2. The fourth-order valence-corrected chi connectivity index (χ4v) is 5.21. The van der Waals surface area contributed by atoms with Gasteiger partial charge in [0.15, 0.2) is 11.5 Å². The van der Waals surface area contributed by atoms with Crippen molar-refractivity contribution in [2.75, 3.05) is 32.1 Å². The number of nitrogens with one attached hydrogen (secondary N) is 1. The number of hydrogen-bond acceptors (Lipinski definition) is 5. The van der Waals surface area contributed by atoms with Crippen LogP contribution in [-0.4, -0.2) is 53.3 Å². The lowest BCUT2D eigenvalue weighted by Crippen LogP contribution is -2.37. The standard InChI is InChI=1S/C31H34N4O4/c1-4-39-28-12-5-21(17-29(28)38-3)18-30(36)32-26-9-6-22(7-10-26)23-13-15-35(16-14-23)31(37)24-8-11-27-25(19-24)20-34(2)33-27/h5-12,17,19-20,23H,4,13-16,18H2,1-3H3,(H,32,36). The summed E-state index contributed by atoms with van der Waals surface area (Å²) < 4.78 is 12.7. The molecule has 0 saturated carbocycles. The molecule has 1 fully saturated rings. The van der Waals surface area contributed by atoms with Crippen LogP contribution in [0.1, 0.15) is 47.2 Å². The second-order valence-electron chi connectivity index (χ2n) is 9.91. The Hall–Kier alpha value is -4.33. The summed E-state index contributed by atoms with van der Waals surface area (Å²) in [7, 11) is 3.47. The van der Waals surface area contributed by atoms with Crippen molar-refractivity contribution in [2.45, 2.75) is 32.1 Å². The number of fused-ring (bicyclic) bond motifs is 1. The van der Waals surface area contributed by atoms with E-state index in [9.17, 15) is 9.59 Å². The predicted octanol–water partition coefficient (Wildman–Crippen LogP) is 5.18. The molecular weight excluding hydrogens is 492 g/mol. The number of aryl methyl sites for hydroxylation is 1. The minimum atomic E-state index is -0.0924. The number of ether oxygens (including phenoxy) is 2. The first-order chi connectivity index (χ1) is 18.9. The molecule has 1 aliphatic rings. The van der Waals surface area contributed by atoms with E-state index in [1.54, 1.807) is 11.8 Å². The van der Waals surface area contributed by atoms with Crippen molar-refractivity contribution >= 4 is 28.4 Å². The molecule has 8 nitrogen and oxygen atoms in total. The van der Waals surface area contributed by atoms with Gasteiger partial charge in [0.1, 0.15) is 0 Å². The molecule has 0 unspecified atom stereocenters. The van der Waals surface area contributed by atoms with Gasteiger partial charge in [-0.05, 0) is 79.3 Å². The Morgan fingerprint density at radius 1 is 1.00 bits per heavy atom. The number of carbonyl (C=O) groups excluding carboxylic acids is 2. The SMILES string of the molecule is CCOc1ccc(CC(=O)Nc2ccc(C3CCN(C(=O)c4ccc5nn(C)cc5c4)CC3)cc2)cc1OC. The second kappa shape index (κ2) is 11.6. The highest BCUT2D eigenvalue weighted by Crippen LogP contribution is 2.31. The molecule has 4 aromatic rings. The van der Waals surface area contributed by atoms with Crippen LogP contribution < -0.4 is 14.8 Å². The van der Waals surface area contributed by atoms with Crippen LogP contribution in [0.25, 0.3) is 10.9 Å². The van der Waals surface area contributed by atoms with Crippen molar-refractivity contribution in [1.82, 2.24) is 14.7 Å². The lowest BCUT2D eigenvalue weighted by Gasteiger charge is -2.32. The van der Waals surface area contributed by atoms with Crippen LogP contribution >= 0.6 is 0 Å². The number of anilines is 1. The molecule has 8 heteroatoms. The zero-order chi connectivity index (χ0) is 27.4. The first-order valence-corrected chi connectivity index (χ1v) is 13.4. The number of likely N-dealkylation sites (tertiary alicyclic amines) is 1. The third-order valence-electron chi connectivity index (χ3n) is 7.21. The van der Waals surface area contributed by atoms with Crippen molar-refractivity contribution in [3.05, 3.63) is 83.6 Å². The van der Waals surface area contributed by atoms with Crippen LogP contribution in [0.4, 0.5) is 5.69 Å². The second-order valence-corrected chi connectivity index (χ2v) is 9.91. The topological polar surface area (TPSA) is 85.7 Å². The molecule has 2 heterocycles. The summed E-state index contributed by atoms with van der Waals surface area (Å²) in [6.07, 6.45) is 3.99. The van der Waals surface area contributed by atoms with Crippen molar-refractivity contribution in [1.29, 1.82) is 0 Å². The zero-order valence-electron chi connectivity index (χ0n) is 22.6. The van der Waals surface area contributed by atoms with Gasteiger partial charge < -0.3 is 19.7 Å². The molecule has 0 aliphatic carbocycles. The largest absolute Gasteiger partial charge is 0.493 e. The van der Waals surface area contributed by atoms with E-state index in [1.807, 2.05) is 73.6 Å². The van der Waals surface area contributed by atoms with E-state index < -0.39 is 0 Å². The summed E-state index contributed by atoms with van der Waals surface area (Å²) in [5, 5.41) is 8.34. The van der Waals surface area contributed by atoms with Gasteiger partial charge in [0.05, 0.1) is 25.7 Å². The molecule has 0 radical (unpaired) electrons. The number of hydrogen-bond donors (Lipinski definition) is 1. The summed E-state index contributed by atoms with van der Waals surface area (Å²) in [4.78, 5) is 27.7. The number of rotatable bonds is 8. The molecule has 2 amide bonds. The van der Waals surface area contributed by atoms with Gasteiger partial charge in [-0.2, -0.15) is 5.10 Å². The highest BCUT2D eigenvalue weighted by atomic mass is 16.5. The highest BCUT2D eigenvalue weighted by Gasteiger charge is 2.25. The average Bonchev–Trinajstić information content (AvgIpc) is 3.33. The minimum Gasteiger partial charge on any atom is -0.493 e. The molecule has 3 aromatic carbocycles. The predicted molar refractivity (Wildman–Crippen MR) is 152 cm³/mol. The van der Waals surface area contributed by atoms with Gasteiger partial charge in [0.25, 0.3) is 5.91 Å². The van der Waals surface area contributed by atoms with Gasteiger partial charge in [0.2, 0.25) is 5.91 Å². The molecule has 0 atom stereocenters. The molecular formula is C31H34N4O4. The lowest BCUT2D eigenvalue weighted by atomic mass is 9.89. The highest BCUT2D eigenvalue weighted by molar-refractivity contribution is 5.98. The molecule has 0 bridgehead atoms. The average molecular weight is 527 g/mol. The Kier molecular flexibility index (Phi) is 7.81. The Morgan fingerprint density at radius 3 is 2.49 bits per heavy atom. The van der Waals surface area contributed by atoms with Crippen LogP contribution in [-0.2, 0) is 18.3 Å². The smallest absolute Gasteiger partial charge is 0.253 e. The molecule has 1 N–H and O–H groups in total. The summed E-state index contributed by atoms with van der Waals surface area (Å²) in [5.74, 6) is 1.65. The molecule has 202 valence electrons. The summed E-state index contributed by atoms with van der Waals surface area (Å²) in [6.45, 7) is 3.91. The Balaban J connectivity index is 1.14. The van der Waals surface area contributed by atoms with Gasteiger partial charge in [-0.3, -0.25) is 14.3 Å². The number of methoxy groups -OCH3 is 1. The number of piperidine rings is 1. The van der Waals surface area contributed by atoms with E-state index in [1.165, 1.54) is 5.56 Å². The van der Waals surface area contributed by atoms with Gasteiger partial charge in [0, 0.05) is 43.0 Å². The third kappa shape index (κ3) is 6.06. The Bertz CT molecular complexity index is 1470. The van der Waals surface area contributed by atoms with Crippen LogP contribution in [0.3, 0.4) is 0 Å². The Morgan fingerprint density at radius 2 is 1.77 bits per heavy atom. The maximum absolute atomic E-state index is 13.1. The van der Waals surface area contributed by atoms with E-state index in [-0.39, 0.29) is 18.2 Å². The maximum Gasteiger partial charge on any atom is 0.253 e. The van der Waals surface area contributed by atoms with Gasteiger partial charge >= 0.3 is 0 Å². The third-order valence-corrected chi connectivity index (χ3v) is 7.21. The van der Waals surface area contributed by atoms with E-state index in [2.05, 4.69) is 22.5 Å². The van der Waals surface area contributed by atoms with Crippen LogP contribution in [0, 0.1) is 0 Å². The quantitative estimate of drug-likeness (QED) is 0.342. The summed E-state index contributed by atoms with van der Waals surface area (Å²) in [6, 6.07) is 19.3. The van der Waals surface area contributed by atoms with Gasteiger partial charge in [-0.1, -0.05) is 18.2 Å². The normalized spacial score (nSPS) is 13.9. The summed E-state index contributed by atoms with van der Waals surface area (Å²) in [5.41, 5.74) is 4.45. The minimum absolute atomic E-state index is 0.0717. The molecule has 1 aromatic heterocycles. The first kappa shape index (κ1) is 26.3. The number of amides is 2. The van der Waals surface area contributed by atoms with Crippen LogP contribution in [0.2, 0.25) is 0 Å². The van der Waals surface area contributed by atoms with Gasteiger partial charge in [-0.15, -0.1) is 0 Å². The van der Waals surface area contributed by atoms with Gasteiger partial charge in [-0.25, -0.2) is 0 Å². The van der Waals surface area contributed by atoms with Crippen molar-refractivity contribution in [2.24, 2.45) is 7.05 Å². The lowest BCUT2D eigenvalue weighted by molar-refractivity contribution is -0.115. The fourth-order valence-electron chi connectivity index (χ4n) is 5.21. The number of nitrogens with zero attached hydrogens (tertiary/aromatic N) is 3. The summed E-state index contributed by atoms with van der Waals surface area (Å²) >= 11 is 0. The zero-order valence-corrected chi connectivity index (χ0v) is 22.6. The van der Waals surface area contributed by atoms with Crippen LogP contribution in [0.5, 0.6) is 11.5 Å². The fraction of sp³-hybridized carbons (Fsp3) is 0.323. The Labute approximate surface area is 228 Å². The van der Waals surface area contributed by atoms with E-state index in [4.69, 9.17) is 9.47 Å². The molecule has 39 heavy (non-hydrogen) atoms. The monoisotopic (exact) mass is 526 g/mol. The van der Waals surface area contributed by atoms with E-state index in [0.717, 1.165) is 48.1 Å². The number of aromatic nitrogens is 2. The molecule has 0 spiro atoms.